The van der Waals surface area contributed by atoms with Crippen molar-refractivity contribution in [1.29, 1.82) is 0 Å². The van der Waals surface area contributed by atoms with E-state index in [2.05, 4.69) is 6.58 Å². The Morgan fingerprint density at radius 2 is 0.479 bits per heavy atom. The average Bonchev–Trinajstić information content (AvgIpc) is 0.708. The Labute approximate surface area is 484 Å². The maximum Gasteiger partial charge on any atom is 0.460 e. The Kier molecular flexibility index (Phi) is 22.1. The zero-order valence-electron chi connectivity index (χ0n) is 43.5. The molecule has 1 nitrogen and oxygen atoms in total. The summed E-state index contributed by atoms with van der Waals surface area (Å²) in [5.74, 6) is -196. The Morgan fingerprint density at radius 3 is 0.649 bits per heavy atom. The second-order valence-electron chi connectivity index (χ2n) is 19.8. The first-order valence-electron chi connectivity index (χ1n) is 22.8. The van der Waals surface area contributed by atoms with Gasteiger partial charge in [-0.1, -0.05) is 30.0 Å². The topological polar surface area (TPSA) is 9.23 Å². The fourth-order valence-electron chi connectivity index (χ4n) is 7.46. The van der Waals surface area contributed by atoms with Crippen LogP contribution in [0.2, 0.25) is 18.1 Å². The Bertz CT molecular complexity index is 2560. The summed E-state index contributed by atoms with van der Waals surface area (Å²) < 4.78 is 729. The van der Waals surface area contributed by atoms with Gasteiger partial charge in [0.15, 0.2) is 0 Å². The van der Waals surface area contributed by atoms with E-state index in [0.29, 0.717) is 0 Å². The van der Waals surface area contributed by atoms with Gasteiger partial charge < -0.3 is 4.74 Å². The molecule has 1 rings (SSSR count). The molecule has 0 aromatic heterocycles. The maximum atomic E-state index is 15.6. The smallest absolute Gasteiger partial charge is 0.460 e. The summed E-state index contributed by atoms with van der Waals surface area (Å²) in [5, 5.41) is -2.37. The van der Waals surface area contributed by atoms with Crippen LogP contribution in [-0.4, -0.2) is 157 Å². The molecule has 0 heterocycles. The summed E-state index contributed by atoms with van der Waals surface area (Å²) in [6.45, 7) is 4.43. The Balaban J connectivity index is 4.94. The molecule has 0 saturated heterocycles. The summed E-state index contributed by atoms with van der Waals surface area (Å²) >= 11 is 0. The maximum absolute atomic E-state index is 15.6. The van der Waals surface area contributed by atoms with E-state index in [1.165, 1.54) is 0 Å². The standard InChI is InChI=1S/C41H25F51OSi/c1-4-15-13-16(5-6-17(15)93-14(2)3)94(10-7-18(42,43)21(48,49)24(54,55)27(60,61)30(66,67)33(72,73)36(78,79)39(84,85)86,11-8-19(44,45)22(50,51)25(56,57)28(62,63)31(68,69)34(74,75)37(80,81)40(87,88)89)12-9-20(46,47)23(52,53)26(58,59)29(64,65)32(70,71)35(76,77)38(82,83)41(90,91)92/h4-6,13-14H,1,7-12H2,2-3H3. The van der Waals surface area contributed by atoms with Gasteiger partial charge in [0.1, 0.15) is 5.75 Å². The van der Waals surface area contributed by atoms with E-state index < -0.39 is 223 Å². The van der Waals surface area contributed by atoms with Crippen LogP contribution in [0.5, 0.6) is 5.75 Å². The van der Waals surface area contributed by atoms with Gasteiger partial charge >= 0.3 is 143 Å². The van der Waals surface area contributed by atoms with Crippen molar-refractivity contribution in [2.24, 2.45) is 0 Å². The first kappa shape index (κ1) is 87.4. The summed E-state index contributed by atoms with van der Waals surface area (Å²) in [6.07, 6.45) is -40.7. The number of rotatable bonds is 31. The van der Waals surface area contributed by atoms with Crippen LogP contribution in [0.4, 0.5) is 224 Å². The monoisotopic (exact) mass is 1530 g/mol. The molecule has 0 unspecified atom stereocenters. The van der Waals surface area contributed by atoms with Crippen molar-refractivity contribution in [1.82, 2.24) is 0 Å². The van der Waals surface area contributed by atoms with Gasteiger partial charge in [0.05, 0.1) is 14.2 Å². The highest BCUT2D eigenvalue weighted by atomic mass is 28.3. The molecule has 0 N–H and O–H groups in total. The molecule has 0 amide bonds. The van der Waals surface area contributed by atoms with Crippen LogP contribution < -0.4 is 9.92 Å². The molecule has 0 aliphatic carbocycles. The van der Waals surface area contributed by atoms with Gasteiger partial charge in [0.25, 0.3) is 0 Å². The minimum atomic E-state index is -9.71. The van der Waals surface area contributed by atoms with Crippen molar-refractivity contribution < 1.29 is 229 Å². The van der Waals surface area contributed by atoms with Crippen molar-refractivity contribution in [2.45, 2.75) is 200 Å². The highest BCUT2D eigenvalue weighted by Gasteiger charge is 2.99. The molecule has 556 valence electrons. The van der Waals surface area contributed by atoms with Crippen LogP contribution >= 0.6 is 0 Å². The molecule has 0 saturated carbocycles. The largest absolute Gasteiger partial charge is 0.490 e. The van der Waals surface area contributed by atoms with E-state index in [1.807, 2.05) is 0 Å². The Morgan fingerprint density at radius 1 is 0.298 bits per heavy atom. The molecule has 0 aliphatic heterocycles. The second-order valence-corrected chi connectivity index (χ2v) is 24.5. The van der Waals surface area contributed by atoms with Crippen LogP contribution in [0.1, 0.15) is 38.7 Å². The van der Waals surface area contributed by atoms with Crippen molar-refractivity contribution >= 4 is 19.3 Å². The normalized spacial score (nSPS) is 16.5. The van der Waals surface area contributed by atoms with Gasteiger partial charge in [-0.15, -0.1) is 0 Å². The number of halogens is 51. The molecule has 0 aliphatic rings. The van der Waals surface area contributed by atoms with Crippen molar-refractivity contribution in [3.05, 3.63) is 30.3 Å². The minimum Gasteiger partial charge on any atom is -0.490 e. The van der Waals surface area contributed by atoms with Crippen LogP contribution in [-0.2, 0) is 0 Å². The van der Waals surface area contributed by atoms with E-state index in [4.69, 9.17) is 4.74 Å². The molecule has 1 aromatic rings. The third-order valence-corrected chi connectivity index (χ3v) is 18.5. The number of alkyl halides is 51. The van der Waals surface area contributed by atoms with Gasteiger partial charge in [-0.05, 0) is 38.0 Å². The predicted molar refractivity (Wildman–Crippen MR) is 208 cm³/mol. The van der Waals surface area contributed by atoms with Crippen molar-refractivity contribution in [2.75, 3.05) is 0 Å². The molecule has 53 heteroatoms. The zero-order chi connectivity index (χ0) is 76.6. The Hall–Kier alpha value is -4.59. The zero-order valence-corrected chi connectivity index (χ0v) is 44.5. The number of benzene rings is 1. The van der Waals surface area contributed by atoms with Crippen LogP contribution in [0.15, 0.2) is 24.8 Å². The lowest BCUT2D eigenvalue weighted by Crippen LogP contribution is -2.74. The molecule has 0 atom stereocenters. The van der Waals surface area contributed by atoms with Gasteiger partial charge in [-0.2, -0.15) is 224 Å². The van der Waals surface area contributed by atoms with Crippen LogP contribution in [0, 0.1) is 0 Å². The van der Waals surface area contributed by atoms with Crippen LogP contribution in [0.25, 0.3) is 6.08 Å². The summed E-state index contributed by atoms with van der Waals surface area (Å²) in [5.41, 5.74) is -1.41. The van der Waals surface area contributed by atoms with Gasteiger partial charge in [0.2, 0.25) is 0 Å². The van der Waals surface area contributed by atoms with Crippen molar-refractivity contribution in [3.8, 4) is 5.75 Å². The lowest BCUT2D eigenvalue weighted by atomic mass is 9.88. The summed E-state index contributed by atoms with van der Waals surface area (Å²) in [6, 6.07) is -12.8. The third-order valence-electron chi connectivity index (χ3n) is 13.3. The molecule has 1 aromatic carbocycles. The average molecular weight is 1530 g/mol. The highest BCUT2D eigenvalue weighted by Crippen LogP contribution is 2.69. The van der Waals surface area contributed by atoms with Gasteiger partial charge in [-0.3, -0.25) is 0 Å². The highest BCUT2D eigenvalue weighted by molar-refractivity contribution is 6.92. The molecule has 0 bridgehead atoms. The minimum absolute atomic E-state index is 0.0165. The molecule has 0 fully saturated rings. The first-order valence-corrected chi connectivity index (χ1v) is 25.4. The molecule has 0 radical (unpaired) electrons. The van der Waals surface area contributed by atoms with Crippen molar-refractivity contribution in [3.63, 3.8) is 0 Å². The molecule has 94 heavy (non-hydrogen) atoms. The predicted octanol–water partition coefficient (Wildman–Crippen LogP) is 21.0. The number of hydrogen-bond donors (Lipinski definition) is 0. The fourth-order valence-corrected chi connectivity index (χ4v) is 12.3. The molecular weight excluding hydrogens is 1510 g/mol. The van der Waals surface area contributed by atoms with E-state index in [-0.39, 0.29) is 12.1 Å². The number of hydrogen-bond acceptors (Lipinski definition) is 1. The van der Waals surface area contributed by atoms with Crippen LogP contribution in [0.3, 0.4) is 0 Å². The quantitative estimate of drug-likeness (QED) is 0.0532. The van der Waals surface area contributed by atoms with Gasteiger partial charge in [-0.25, -0.2) is 0 Å². The van der Waals surface area contributed by atoms with E-state index >= 15 is 52.7 Å². The summed E-state index contributed by atoms with van der Waals surface area (Å²) in [7, 11) is -7.82. The second kappa shape index (κ2) is 23.8. The van der Waals surface area contributed by atoms with E-state index in [9.17, 15) is 171 Å². The lowest BCUT2D eigenvalue weighted by Gasteiger charge is -2.44. The summed E-state index contributed by atoms with van der Waals surface area (Å²) in [4.78, 5) is 0. The molecule has 0 spiro atoms. The van der Waals surface area contributed by atoms with E-state index in [0.717, 1.165) is 13.8 Å². The van der Waals surface area contributed by atoms with E-state index in [1.54, 1.807) is 0 Å². The SMILES string of the molecule is C=Cc1cc([Si](CCC(F)(F)C(F)(F)C(F)(F)C(F)(F)C(F)(F)C(F)(F)C(F)(F)C(F)(F)F)(CCC(F)(F)C(F)(F)C(F)(F)C(F)(F)C(F)(F)C(F)(F)C(F)(F)C(F)(F)F)CCC(F)(F)C(F)(F)C(F)(F)C(F)(F)C(F)(F)C(F)(F)C(F)(F)C(F)(F)F)ccc1OC(C)C. The fraction of sp³-hybridized carbons (Fsp3) is 0.805. The lowest BCUT2D eigenvalue weighted by molar-refractivity contribution is -0.461. The van der Waals surface area contributed by atoms with Gasteiger partial charge in [0, 0.05) is 24.8 Å². The molecular formula is C41H25F51OSi. The first-order chi connectivity index (χ1) is 40.2. The number of ether oxygens (including phenoxy) is 1. The third kappa shape index (κ3) is 12.3.